The van der Waals surface area contributed by atoms with E-state index in [0.29, 0.717) is 0 Å². The summed E-state index contributed by atoms with van der Waals surface area (Å²) >= 11 is 3.17. The van der Waals surface area contributed by atoms with E-state index in [1.807, 2.05) is 24.3 Å². The Morgan fingerprint density at radius 3 is 3.14 bits per heavy atom. The van der Waals surface area contributed by atoms with Gasteiger partial charge >= 0.3 is 0 Å². The number of aromatic nitrogens is 5. The highest BCUT2D eigenvalue weighted by Gasteiger charge is 2.06. The maximum Gasteiger partial charge on any atom is 0.210 e. The predicted octanol–water partition coefficient (Wildman–Crippen LogP) is 2.67. The molecule has 3 aromatic rings. The van der Waals surface area contributed by atoms with Crippen LogP contribution in [0.2, 0.25) is 0 Å². The first-order chi connectivity index (χ1) is 10.8. The van der Waals surface area contributed by atoms with Gasteiger partial charge in [0.2, 0.25) is 5.13 Å². The fourth-order valence-electron chi connectivity index (χ4n) is 1.72. The lowest BCUT2D eigenvalue weighted by molar-refractivity contribution is 0.415. The van der Waals surface area contributed by atoms with Gasteiger partial charge in [0.15, 0.2) is 4.34 Å². The van der Waals surface area contributed by atoms with Gasteiger partial charge < -0.3 is 10.1 Å². The first-order valence-electron chi connectivity index (χ1n) is 6.53. The van der Waals surface area contributed by atoms with Crippen molar-refractivity contribution in [3.05, 3.63) is 36.9 Å². The molecule has 1 N–H and O–H groups in total. The molecule has 2 aromatic heterocycles. The van der Waals surface area contributed by atoms with Crippen molar-refractivity contribution in [1.82, 2.24) is 25.0 Å². The Bertz CT molecular complexity index is 715. The number of hydrogen-bond acceptors (Lipinski definition) is 8. The number of benzene rings is 1. The minimum absolute atomic E-state index is 0.761. The molecule has 0 amide bonds. The van der Waals surface area contributed by atoms with Gasteiger partial charge in [-0.25, -0.2) is 4.98 Å². The summed E-state index contributed by atoms with van der Waals surface area (Å²) in [5.74, 6) is 1.67. The Morgan fingerprint density at radius 1 is 1.36 bits per heavy atom. The Balaban J connectivity index is 1.54. The van der Waals surface area contributed by atoms with Crippen LogP contribution in [-0.2, 0) is 6.54 Å². The molecule has 0 aliphatic heterocycles. The van der Waals surface area contributed by atoms with E-state index in [1.54, 1.807) is 29.9 Å². The molecule has 0 radical (unpaired) electrons. The summed E-state index contributed by atoms with van der Waals surface area (Å²) in [7, 11) is 1.65. The fraction of sp³-hybridized carbons (Fsp3) is 0.231. The number of ether oxygens (including phenoxy) is 1. The van der Waals surface area contributed by atoms with Crippen LogP contribution in [0.5, 0.6) is 5.75 Å². The van der Waals surface area contributed by atoms with Crippen molar-refractivity contribution in [3.8, 4) is 5.75 Å². The molecule has 1 aromatic carbocycles. The topological polar surface area (TPSA) is 77.8 Å². The zero-order chi connectivity index (χ0) is 15.2. The van der Waals surface area contributed by atoms with Gasteiger partial charge in [-0.2, -0.15) is 5.10 Å². The van der Waals surface area contributed by atoms with E-state index in [2.05, 4.69) is 25.6 Å². The smallest absolute Gasteiger partial charge is 0.210 e. The van der Waals surface area contributed by atoms with Crippen LogP contribution in [-0.4, -0.2) is 37.8 Å². The molecule has 7 nitrogen and oxygen atoms in total. The molecule has 0 spiro atoms. The molecular weight excluding hydrogens is 320 g/mol. The van der Waals surface area contributed by atoms with Gasteiger partial charge in [0.05, 0.1) is 13.7 Å². The molecule has 0 bridgehead atoms. The molecule has 114 valence electrons. The van der Waals surface area contributed by atoms with Crippen LogP contribution in [0.15, 0.2) is 41.3 Å². The number of anilines is 2. The summed E-state index contributed by atoms with van der Waals surface area (Å²) in [6, 6.07) is 7.70. The number of aryl methyl sites for hydroxylation is 1. The van der Waals surface area contributed by atoms with E-state index in [4.69, 9.17) is 4.74 Å². The number of rotatable bonds is 7. The maximum atomic E-state index is 5.20. The van der Waals surface area contributed by atoms with E-state index in [1.165, 1.54) is 17.7 Å². The zero-order valence-corrected chi connectivity index (χ0v) is 13.5. The van der Waals surface area contributed by atoms with E-state index >= 15 is 0 Å². The van der Waals surface area contributed by atoms with Crippen LogP contribution < -0.4 is 10.1 Å². The van der Waals surface area contributed by atoms with Crippen LogP contribution in [0.1, 0.15) is 0 Å². The van der Waals surface area contributed by atoms with Gasteiger partial charge in [-0.1, -0.05) is 29.2 Å². The first-order valence-corrected chi connectivity index (χ1v) is 8.33. The van der Waals surface area contributed by atoms with Crippen LogP contribution >= 0.6 is 23.1 Å². The third kappa shape index (κ3) is 3.95. The number of methoxy groups -OCH3 is 1. The van der Waals surface area contributed by atoms with E-state index in [-0.39, 0.29) is 0 Å². The molecule has 2 heterocycles. The minimum atomic E-state index is 0.761. The number of thioether (sulfide) groups is 1. The van der Waals surface area contributed by atoms with Crippen molar-refractivity contribution in [1.29, 1.82) is 0 Å². The van der Waals surface area contributed by atoms with Crippen molar-refractivity contribution in [2.75, 3.05) is 18.2 Å². The predicted molar refractivity (Wildman–Crippen MR) is 86.9 cm³/mol. The highest BCUT2D eigenvalue weighted by atomic mass is 32.2. The van der Waals surface area contributed by atoms with Crippen LogP contribution in [0.4, 0.5) is 10.8 Å². The van der Waals surface area contributed by atoms with Gasteiger partial charge in [0.25, 0.3) is 0 Å². The lowest BCUT2D eigenvalue weighted by Gasteiger charge is -2.04. The second-order valence-electron chi connectivity index (χ2n) is 4.24. The highest BCUT2D eigenvalue weighted by Crippen LogP contribution is 2.28. The first kappa shape index (κ1) is 14.8. The molecule has 0 saturated heterocycles. The van der Waals surface area contributed by atoms with Crippen molar-refractivity contribution in [3.63, 3.8) is 0 Å². The van der Waals surface area contributed by atoms with Gasteiger partial charge in [-0.15, -0.1) is 10.2 Å². The molecule has 0 aliphatic carbocycles. The summed E-state index contributed by atoms with van der Waals surface area (Å²) < 4.78 is 7.91. The number of nitrogens with one attached hydrogen (secondary N) is 1. The third-order valence-electron chi connectivity index (χ3n) is 2.74. The molecule has 3 rings (SSSR count). The summed E-state index contributed by atoms with van der Waals surface area (Å²) in [5.41, 5.74) is 0.926. The monoisotopic (exact) mass is 334 g/mol. The Labute approximate surface area is 135 Å². The van der Waals surface area contributed by atoms with Crippen LogP contribution in [0, 0.1) is 0 Å². The average Bonchev–Trinajstić information content (AvgIpc) is 3.20. The molecule has 22 heavy (non-hydrogen) atoms. The lowest BCUT2D eigenvalue weighted by Crippen LogP contribution is -2.00. The molecule has 0 atom stereocenters. The van der Waals surface area contributed by atoms with E-state index in [9.17, 15) is 0 Å². The zero-order valence-electron chi connectivity index (χ0n) is 11.8. The van der Waals surface area contributed by atoms with Crippen molar-refractivity contribution >= 4 is 33.9 Å². The van der Waals surface area contributed by atoms with E-state index < -0.39 is 0 Å². The maximum absolute atomic E-state index is 5.20. The highest BCUT2D eigenvalue weighted by molar-refractivity contribution is 8.01. The van der Waals surface area contributed by atoms with Crippen molar-refractivity contribution in [2.24, 2.45) is 0 Å². The largest absolute Gasteiger partial charge is 0.497 e. The normalized spacial score (nSPS) is 10.6. The van der Waals surface area contributed by atoms with E-state index in [0.717, 1.165) is 33.2 Å². The summed E-state index contributed by atoms with van der Waals surface area (Å²) in [6.45, 7) is 0.795. The van der Waals surface area contributed by atoms with Gasteiger partial charge in [0, 0.05) is 17.5 Å². The number of nitrogens with zero attached hydrogens (tertiary/aromatic N) is 5. The summed E-state index contributed by atoms with van der Waals surface area (Å²) in [5, 5.41) is 16.4. The van der Waals surface area contributed by atoms with Crippen molar-refractivity contribution < 1.29 is 4.74 Å². The minimum Gasteiger partial charge on any atom is -0.497 e. The Morgan fingerprint density at radius 2 is 2.32 bits per heavy atom. The standard InChI is InChI=1S/C13H14N6OS2/c1-20-11-4-2-3-10(7-11)16-12-17-18-13(22-12)21-6-5-19-9-14-8-15-19/h2-4,7-9H,5-6H2,1H3,(H,16,17). The van der Waals surface area contributed by atoms with Gasteiger partial charge in [0.1, 0.15) is 18.4 Å². The fourth-order valence-corrected chi connectivity index (χ4v) is 3.49. The Hall–Kier alpha value is -2.13. The van der Waals surface area contributed by atoms with Crippen molar-refractivity contribution in [2.45, 2.75) is 10.9 Å². The molecular formula is C13H14N6OS2. The molecule has 0 aliphatic rings. The molecule has 9 heteroatoms. The molecule has 0 fully saturated rings. The third-order valence-corrected chi connectivity index (χ3v) is 4.69. The SMILES string of the molecule is COc1cccc(Nc2nnc(SCCn3cncn3)s2)c1. The lowest BCUT2D eigenvalue weighted by atomic mass is 10.3. The molecule has 0 saturated carbocycles. The summed E-state index contributed by atoms with van der Waals surface area (Å²) in [6.07, 6.45) is 3.24. The van der Waals surface area contributed by atoms with Gasteiger partial charge in [-0.3, -0.25) is 4.68 Å². The quantitative estimate of drug-likeness (QED) is 0.666. The second kappa shape index (κ2) is 7.23. The average molecular weight is 334 g/mol. The molecule has 0 unspecified atom stereocenters. The Kier molecular flexibility index (Phi) is 4.86. The van der Waals surface area contributed by atoms with Crippen LogP contribution in [0.25, 0.3) is 0 Å². The second-order valence-corrected chi connectivity index (χ2v) is 6.56. The van der Waals surface area contributed by atoms with Crippen LogP contribution in [0.3, 0.4) is 0 Å². The number of hydrogen-bond donors (Lipinski definition) is 1. The summed E-state index contributed by atoms with van der Waals surface area (Å²) in [4.78, 5) is 3.91. The van der Waals surface area contributed by atoms with Gasteiger partial charge in [-0.05, 0) is 12.1 Å².